The minimum atomic E-state index is -1.08. The highest BCUT2D eigenvalue weighted by molar-refractivity contribution is 5.94. The number of nitrogens with one attached hydrogen (secondary N) is 1. The number of rotatable bonds is 9. The maximum atomic E-state index is 12.3. The van der Waals surface area contributed by atoms with Crippen molar-refractivity contribution in [3.05, 3.63) is 47.8 Å². The number of hydrogen-bond donors (Lipinski definition) is 2. The highest BCUT2D eigenvalue weighted by atomic mass is 16.5. The van der Waals surface area contributed by atoms with Gasteiger partial charge in [0.05, 0.1) is 5.69 Å². The predicted octanol–water partition coefficient (Wildman–Crippen LogP) is 3.70. The molecule has 0 saturated heterocycles. The van der Waals surface area contributed by atoms with Gasteiger partial charge in [-0.15, -0.1) is 15.3 Å². The molecule has 35 heavy (non-hydrogen) atoms. The van der Waals surface area contributed by atoms with Crippen LogP contribution in [0, 0.1) is 5.92 Å². The third-order valence-electron chi connectivity index (χ3n) is 6.54. The first-order chi connectivity index (χ1) is 17.0. The lowest BCUT2D eigenvalue weighted by Gasteiger charge is -2.24. The summed E-state index contributed by atoms with van der Waals surface area (Å²) in [5.74, 6) is 0.334. The van der Waals surface area contributed by atoms with Crippen LogP contribution in [-0.4, -0.2) is 55.6 Å². The molecule has 1 atom stereocenters. The second-order valence-corrected chi connectivity index (χ2v) is 9.64. The Hall–Kier alpha value is -3.69. The fourth-order valence-corrected chi connectivity index (χ4v) is 4.57. The molecule has 2 aliphatic carbocycles. The van der Waals surface area contributed by atoms with Gasteiger partial charge in [0.25, 0.3) is 5.91 Å². The molecular formula is C25H30N6O4. The predicted molar refractivity (Wildman–Crippen MR) is 129 cm³/mol. The Morgan fingerprint density at radius 1 is 1.20 bits per heavy atom. The molecule has 1 unspecified atom stereocenters. The first-order valence-corrected chi connectivity index (χ1v) is 12.2. The number of anilines is 1. The van der Waals surface area contributed by atoms with E-state index >= 15 is 0 Å². The van der Waals surface area contributed by atoms with Gasteiger partial charge in [0.15, 0.2) is 0 Å². The fraction of sp³-hybridized carbons (Fsp3) is 0.480. The Bertz CT molecular complexity index is 1200. The van der Waals surface area contributed by atoms with E-state index in [0.29, 0.717) is 35.2 Å². The Labute approximate surface area is 203 Å². The molecule has 2 saturated carbocycles. The van der Waals surface area contributed by atoms with Crippen LogP contribution in [0.1, 0.15) is 61.4 Å². The standard InChI is InChI=1S/C25H30N6O4/c1-16(12-17-6-8-18(9-7-17)24(32)27-19-10-11-19)14-30(25(33)34)21-13-22(35-20-4-2-3-5-20)29-31-15-26-28-23(21)31/h6-9,13,15-16,19-20H,2-5,10-12,14H2,1H3,(H,27,32)(H,33,34). The molecule has 2 heterocycles. The molecule has 0 bridgehead atoms. The molecule has 3 aromatic rings. The summed E-state index contributed by atoms with van der Waals surface area (Å²) in [4.78, 5) is 25.8. The number of carboxylic acid groups (broad SMARTS) is 1. The van der Waals surface area contributed by atoms with E-state index in [-0.39, 0.29) is 24.5 Å². The normalized spacial score (nSPS) is 16.8. The van der Waals surface area contributed by atoms with Crippen LogP contribution >= 0.6 is 0 Å². The van der Waals surface area contributed by atoms with Gasteiger partial charge in [0.1, 0.15) is 12.4 Å². The van der Waals surface area contributed by atoms with Gasteiger partial charge in [0.2, 0.25) is 11.5 Å². The molecule has 2 aliphatic rings. The van der Waals surface area contributed by atoms with Crippen molar-refractivity contribution in [2.24, 2.45) is 5.92 Å². The van der Waals surface area contributed by atoms with Crippen molar-refractivity contribution in [3.63, 3.8) is 0 Å². The SMILES string of the molecule is CC(Cc1ccc(C(=O)NC2CC2)cc1)CN(C(=O)O)c1cc(OC2CCCC2)nn2cnnc12. The Morgan fingerprint density at radius 3 is 2.63 bits per heavy atom. The van der Waals surface area contributed by atoms with E-state index in [2.05, 4.69) is 20.6 Å². The van der Waals surface area contributed by atoms with Gasteiger partial charge in [0, 0.05) is 24.2 Å². The van der Waals surface area contributed by atoms with Crippen molar-refractivity contribution in [1.29, 1.82) is 0 Å². The number of aromatic nitrogens is 4. The van der Waals surface area contributed by atoms with E-state index in [1.54, 1.807) is 6.07 Å². The molecule has 10 heteroatoms. The third-order valence-corrected chi connectivity index (χ3v) is 6.54. The minimum Gasteiger partial charge on any atom is -0.473 e. The van der Waals surface area contributed by atoms with E-state index in [9.17, 15) is 14.7 Å². The first kappa shape index (κ1) is 23.1. The van der Waals surface area contributed by atoms with Crippen LogP contribution in [0.5, 0.6) is 5.88 Å². The highest BCUT2D eigenvalue weighted by Crippen LogP contribution is 2.29. The van der Waals surface area contributed by atoms with Crippen LogP contribution in [0.25, 0.3) is 5.65 Å². The fourth-order valence-electron chi connectivity index (χ4n) is 4.57. The topological polar surface area (TPSA) is 122 Å². The van der Waals surface area contributed by atoms with Gasteiger partial charge in [-0.25, -0.2) is 4.79 Å². The highest BCUT2D eigenvalue weighted by Gasteiger charge is 2.26. The quantitative estimate of drug-likeness (QED) is 0.481. The molecular weight excluding hydrogens is 448 g/mol. The zero-order valence-corrected chi connectivity index (χ0v) is 19.8. The Morgan fingerprint density at radius 2 is 1.94 bits per heavy atom. The maximum absolute atomic E-state index is 12.3. The van der Waals surface area contributed by atoms with Crippen molar-refractivity contribution >= 4 is 23.3 Å². The van der Waals surface area contributed by atoms with Crippen molar-refractivity contribution < 1.29 is 19.4 Å². The lowest BCUT2D eigenvalue weighted by atomic mass is 9.99. The maximum Gasteiger partial charge on any atom is 0.411 e. The number of fused-ring (bicyclic) bond motifs is 1. The van der Waals surface area contributed by atoms with Crippen molar-refractivity contribution in [1.82, 2.24) is 25.1 Å². The third kappa shape index (κ3) is 5.52. The van der Waals surface area contributed by atoms with E-state index in [1.165, 1.54) is 15.7 Å². The Kier molecular flexibility index (Phi) is 6.52. The van der Waals surface area contributed by atoms with Crippen LogP contribution in [0.2, 0.25) is 0 Å². The number of ether oxygens (including phenoxy) is 1. The summed E-state index contributed by atoms with van der Waals surface area (Å²) < 4.78 is 7.51. The van der Waals surface area contributed by atoms with E-state index in [4.69, 9.17) is 4.74 Å². The average Bonchev–Trinajstić information content (AvgIpc) is 3.28. The molecule has 0 spiro atoms. The number of hydrogen-bond acceptors (Lipinski definition) is 6. The number of nitrogens with zero attached hydrogens (tertiary/aromatic N) is 5. The lowest BCUT2D eigenvalue weighted by molar-refractivity contribution is 0.0951. The Balaban J connectivity index is 1.30. The molecule has 0 radical (unpaired) electrons. The summed E-state index contributed by atoms with van der Waals surface area (Å²) in [6, 6.07) is 9.48. The van der Waals surface area contributed by atoms with E-state index in [1.807, 2.05) is 31.2 Å². The lowest BCUT2D eigenvalue weighted by Crippen LogP contribution is -2.34. The van der Waals surface area contributed by atoms with Crippen molar-refractivity contribution in [2.75, 3.05) is 11.4 Å². The van der Waals surface area contributed by atoms with Gasteiger partial charge >= 0.3 is 6.09 Å². The molecule has 0 aliphatic heterocycles. The second-order valence-electron chi connectivity index (χ2n) is 9.64. The number of carbonyl (C=O) groups excluding carboxylic acids is 1. The van der Waals surface area contributed by atoms with Gasteiger partial charge in [-0.1, -0.05) is 19.1 Å². The molecule has 2 N–H and O–H groups in total. The van der Waals surface area contributed by atoms with E-state index in [0.717, 1.165) is 44.1 Å². The monoisotopic (exact) mass is 478 g/mol. The summed E-state index contributed by atoms with van der Waals surface area (Å²) in [6.07, 6.45) is 7.41. The van der Waals surface area contributed by atoms with E-state index < -0.39 is 6.09 Å². The van der Waals surface area contributed by atoms with Crippen LogP contribution in [0.3, 0.4) is 0 Å². The summed E-state index contributed by atoms with van der Waals surface area (Å²) >= 11 is 0. The van der Waals surface area contributed by atoms with Crippen molar-refractivity contribution in [2.45, 2.75) is 64.0 Å². The average molecular weight is 479 g/mol. The molecule has 2 fully saturated rings. The first-order valence-electron chi connectivity index (χ1n) is 12.2. The van der Waals surface area contributed by atoms with Crippen LogP contribution in [-0.2, 0) is 6.42 Å². The van der Waals surface area contributed by atoms with Crippen molar-refractivity contribution in [3.8, 4) is 5.88 Å². The molecule has 5 rings (SSSR count). The number of amides is 2. The molecule has 2 aromatic heterocycles. The molecule has 10 nitrogen and oxygen atoms in total. The zero-order chi connectivity index (χ0) is 24.4. The largest absolute Gasteiger partial charge is 0.473 e. The van der Waals surface area contributed by atoms with Gasteiger partial charge in [-0.2, -0.15) is 4.52 Å². The smallest absolute Gasteiger partial charge is 0.411 e. The zero-order valence-electron chi connectivity index (χ0n) is 19.8. The van der Waals surface area contributed by atoms with Gasteiger partial charge in [-0.05, 0) is 68.6 Å². The summed E-state index contributed by atoms with van der Waals surface area (Å²) in [5.41, 5.74) is 2.45. The summed E-state index contributed by atoms with van der Waals surface area (Å²) in [6.45, 7) is 2.26. The van der Waals surface area contributed by atoms with Crippen LogP contribution in [0.15, 0.2) is 36.7 Å². The number of benzene rings is 1. The van der Waals surface area contributed by atoms with Crippen LogP contribution < -0.4 is 15.0 Å². The second kappa shape index (κ2) is 9.89. The summed E-state index contributed by atoms with van der Waals surface area (Å²) in [7, 11) is 0. The molecule has 184 valence electrons. The minimum absolute atomic E-state index is 0.00702. The van der Waals surface area contributed by atoms with Crippen LogP contribution in [0.4, 0.5) is 10.5 Å². The summed E-state index contributed by atoms with van der Waals surface area (Å²) in [5, 5.41) is 25.4. The molecule has 2 amide bonds. The molecule has 1 aromatic carbocycles. The van der Waals surface area contributed by atoms with Gasteiger partial charge in [-0.3, -0.25) is 9.69 Å². The van der Waals surface area contributed by atoms with Gasteiger partial charge < -0.3 is 15.2 Å². The number of carbonyl (C=O) groups is 2.